The third-order valence-electron chi connectivity index (χ3n) is 1.65. The lowest BCUT2D eigenvalue weighted by Gasteiger charge is -1.94. The summed E-state index contributed by atoms with van der Waals surface area (Å²) in [4.78, 5) is 10.9. The molecule has 1 amide bonds. The number of nitrogens with zero attached hydrogens (tertiary/aromatic N) is 1. The predicted molar refractivity (Wildman–Crippen MR) is 54.0 cm³/mol. The first-order valence-corrected chi connectivity index (χ1v) is 4.16. The summed E-state index contributed by atoms with van der Waals surface area (Å²) in [6.45, 7) is 1.98. The molecule has 0 aromatic heterocycles. The van der Waals surface area contributed by atoms with E-state index in [-0.39, 0.29) is 0 Å². The van der Waals surface area contributed by atoms with E-state index >= 15 is 0 Å². The lowest BCUT2D eigenvalue weighted by atomic mass is 10.1. The van der Waals surface area contributed by atoms with Crippen LogP contribution in [0.3, 0.4) is 0 Å². The molecule has 3 heteroatoms. The van der Waals surface area contributed by atoms with Crippen LogP contribution < -0.4 is 5.32 Å². The Morgan fingerprint density at radius 2 is 2.36 bits per heavy atom. The quantitative estimate of drug-likeness (QED) is 0.433. The smallest absolute Gasteiger partial charge is 0.256 e. The molecule has 70 valence electrons. The number of aryl methyl sites for hydroxylation is 1. The summed E-state index contributed by atoms with van der Waals surface area (Å²) in [5.41, 5.74) is 2.07. The van der Waals surface area contributed by atoms with Crippen molar-refractivity contribution in [1.29, 1.82) is 5.26 Å². The Balaban J connectivity index is 2.70. The van der Waals surface area contributed by atoms with Crippen molar-refractivity contribution in [2.45, 2.75) is 6.92 Å². The van der Waals surface area contributed by atoms with Crippen LogP contribution in [-0.4, -0.2) is 5.91 Å². The van der Waals surface area contributed by atoms with Gasteiger partial charge in [-0.05, 0) is 18.6 Å². The average molecular weight is 186 g/mol. The summed E-state index contributed by atoms with van der Waals surface area (Å²) >= 11 is 0. The molecule has 1 N–H and O–H groups in total. The van der Waals surface area contributed by atoms with Gasteiger partial charge in [-0.1, -0.05) is 29.8 Å². The van der Waals surface area contributed by atoms with Crippen LogP contribution in [0, 0.1) is 18.4 Å². The molecule has 0 aliphatic carbocycles. The fourth-order valence-electron chi connectivity index (χ4n) is 1.04. The minimum Gasteiger partial charge on any atom is -0.269 e. The molecule has 0 atom stereocenters. The zero-order valence-corrected chi connectivity index (χ0v) is 7.82. The van der Waals surface area contributed by atoms with Crippen molar-refractivity contribution in [2.75, 3.05) is 0 Å². The Morgan fingerprint density at radius 1 is 1.57 bits per heavy atom. The number of hydrogen-bond donors (Lipinski definition) is 1. The van der Waals surface area contributed by atoms with Crippen LogP contribution in [0.2, 0.25) is 0 Å². The maximum Gasteiger partial charge on any atom is 0.256 e. The van der Waals surface area contributed by atoms with Gasteiger partial charge in [-0.25, -0.2) is 0 Å². The molecule has 14 heavy (non-hydrogen) atoms. The second-order valence-corrected chi connectivity index (χ2v) is 2.85. The third-order valence-corrected chi connectivity index (χ3v) is 1.65. The highest BCUT2D eigenvalue weighted by Gasteiger charge is 1.92. The first-order chi connectivity index (χ1) is 6.72. The molecule has 0 fully saturated rings. The standard InChI is InChI=1S/C11H10N2O/c1-9-3-2-4-10(7-9)5-6-11(14)13-8-12/h2-7H,1H3,(H,13,14)/b6-5+. The van der Waals surface area contributed by atoms with Crippen molar-refractivity contribution in [3.8, 4) is 6.19 Å². The normalized spacial score (nSPS) is 9.71. The van der Waals surface area contributed by atoms with Gasteiger partial charge in [0.2, 0.25) is 0 Å². The van der Waals surface area contributed by atoms with Crippen molar-refractivity contribution >= 4 is 12.0 Å². The summed E-state index contributed by atoms with van der Waals surface area (Å²) in [7, 11) is 0. The minimum absolute atomic E-state index is 0.408. The predicted octanol–water partition coefficient (Wildman–Crippen LogP) is 1.61. The Morgan fingerprint density at radius 3 is 3.00 bits per heavy atom. The largest absolute Gasteiger partial charge is 0.269 e. The number of nitrogens with one attached hydrogen (secondary N) is 1. The SMILES string of the molecule is Cc1cccc(/C=C/C(=O)NC#N)c1. The van der Waals surface area contributed by atoms with Gasteiger partial charge in [-0.15, -0.1) is 0 Å². The van der Waals surface area contributed by atoms with Gasteiger partial charge in [-0.3, -0.25) is 10.1 Å². The molecule has 0 saturated heterocycles. The highest BCUT2D eigenvalue weighted by molar-refractivity contribution is 5.92. The maximum atomic E-state index is 10.9. The van der Waals surface area contributed by atoms with Crippen molar-refractivity contribution in [3.05, 3.63) is 41.5 Å². The Hall–Kier alpha value is -2.08. The number of carbonyl (C=O) groups is 1. The number of carbonyl (C=O) groups excluding carboxylic acids is 1. The molecule has 1 rings (SSSR count). The van der Waals surface area contributed by atoms with Crippen LogP contribution in [0.15, 0.2) is 30.3 Å². The molecule has 1 aromatic rings. The first kappa shape index (κ1) is 10.0. The molecular formula is C11H10N2O. The van der Waals surface area contributed by atoms with Gasteiger partial charge >= 0.3 is 0 Å². The summed E-state index contributed by atoms with van der Waals surface area (Å²) < 4.78 is 0. The number of nitriles is 1. The van der Waals surface area contributed by atoms with Gasteiger partial charge in [0.05, 0.1) is 0 Å². The zero-order chi connectivity index (χ0) is 10.4. The summed E-state index contributed by atoms with van der Waals surface area (Å²) in [5, 5.41) is 10.2. The topological polar surface area (TPSA) is 52.9 Å². The van der Waals surface area contributed by atoms with E-state index in [1.165, 1.54) is 6.08 Å². The van der Waals surface area contributed by atoms with Crippen molar-refractivity contribution < 1.29 is 4.79 Å². The van der Waals surface area contributed by atoms with Crippen LogP contribution in [0.4, 0.5) is 0 Å². The lowest BCUT2D eigenvalue weighted by molar-refractivity contribution is -0.115. The van der Waals surface area contributed by atoms with E-state index in [2.05, 4.69) is 0 Å². The average Bonchev–Trinajstić information content (AvgIpc) is 2.15. The van der Waals surface area contributed by atoms with Gasteiger partial charge in [0, 0.05) is 6.08 Å². The minimum atomic E-state index is -0.408. The molecule has 3 nitrogen and oxygen atoms in total. The van der Waals surface area contributed by atoms with Crippen LogP contribution in [0.1, 0.15) is 11.1 Å². The molecule has 0 radical (unpaired) electrons. The summed E-state index contributed by atoms with van der Waals surface area (Å²) in [6.07, 6.45) is 4.56. The molecule has 0 spiro atoms. The van der Waals surface area contributed by atoms with Crippen LogP contribution >= 0.6 is 0 Å². The fourth-order valence-corrected chi connectivity index (χ4v) is 1.04. The number of hydrogen-bond acceptors (Lipinski definition) is 2. The summed E-state index contributed by atoms with van der Waals surface area (Å²) in [6, 6.07) is 7.74. The number of rotatable bonds is 2. The van der Waals surface area contributed by atoms with Crippen LogP contribution in [0.5, 0.6) is 0 Å². The highest BCUT2D eigenvalue weighted by atomic mass is 16.1. The van der Waals surface area contributed by atoms with Gasteiger partial charge in [0.25, 0.3) is 5.91 Å². The molecule has 0 aliphatic rings. The lowest BCUT2D eigenvalue weighted by Crippen LogP contribution is -2.13. The number of benzene rings is 1. The second kappa shape index (κ2) is 4.83. The van der Waals surface area contributed by atoms with Gasteiger partial charge in [-0.2, -0.15) is 5.26 Å². The Labute approximate surface area is 82.7 Å². The van der Waals surface area contributed by atoms with Gasteiger partial charge < -0.3 is 0 Å². The zero-order valence-electron chi connectivity index (χ0n) is 7.82. The van der Waals surface area contributed by atoms with E-state index in [4.69, 9.17) is 5.26 Å². The van der Waals surface area contributed by atoms with Crippen molar-refractivity contribution in [2.24, 2.45) is 0 Å². The molecule has 0 unspecified atom stereocenters. The van der Waals surface area contributed by atoms with Crippen LogP contribution in [0.25, 0.3) is 6.08 Å². The van der Waals surface area contributed by atoms with E-state index in [0.29, 0.717) is 0 Å². The van der Waals surface area contributed by atoms with E-state index in [1.54, 1.807) is 12.3 Å². The third kappa shape index (κ3) is 3.11. The van der Waals surface area contributed by atoms with E-state index in [9.17, 15) is 4.79 Å². The number of amides is 1. The molecule has 0 heterocycles. The Kier molecular flexibility index (Phi) is 3.45. The maximum absolute atomic E-state index is 10.9. The van der Waals surface area contributed by atoms with Crippen molar-refractivity contribution in [3.63, 3.8) is 0 Å². The van der Waals surface area contributed by atoms with Gasteiger partial charge in [0.1, 0.15) is 0 Å². The highest BCUT2D eigenvalue weighted by Crippen LogP contribution is 2.05. The fraction of sp³-hybridized carbons (Fsp3) is 0.0909. The molecule has 0 bridgehead atoms. The summed E-state index contributed by atoms with van der Waals surface area (Å²) in [5.74, 6) is -0.408. The van der Waals surface area contributed by atoms with Crippen LogP contribution in [-0.2, 0) is 4.79 Å². The molecule has 0 aliphatic heterocycles. The van der Waals surface area contributed by atoms with Gasteiger partial charge in [0.15, 0.2) is 6.19 Å². The molecular weight excluding hydrogens is 176 g/mol. The second-order valence-electron chi connectivity index (χ2n) is 2.85. The van der Waals surface area contributed by atoms with E-state index in [1.807, 2.05) is 36.5 Å². The molecule has 0 saturated carbocycles. The monoisotopic (exact) mass is 186 g/mol. The van der Waals surface area contributed by atoms with E-state index in [0.717, 1.165) is 11.1 Å². The first-order valence-electron chi connectivity index (χ1n) is 4.16. The Bertz CT molecular complexity index is 402. The molecule has 1 aromatic carbocycles. The van der Waals surface area contributed by atoms with E-state index < -0.39 is 5.91 Å². The van der Waals surface area contributed by atoms with Crippen molar-refractivity contribution in [1.82, 2.24) is 5.32 Å².